The van der Waals surface area contributed by atoms with Gasteiger partial charge >= 0.3 is 5.97 Å². The normalized spacial score (nSPS) is 28.0. The zero-order valence-electron chi connectivity index (χ0n) is 36.5. The highest BCUT2D eigenvalue weighted by Crippen LogP contribution is 2.26. The average Bonchev–Trinajstić information content (AvgIpc) is 3.23. The molecule has 0 amide bonds. The molecule has 2 saturated heterocycles. The largest absolute Gasteiger partial charge is 0.457 e. The molecule has 0 aromatic carbocycles. The van der Waals surface area contributed by atoms with Crippen LogP contribution >= 0.6 is 0 Å². The summed E-state index contributed by atoms with van der Waals surface area (Å²) in [6.45, 7) is 3.50. The Morgan fingerprint density at radius 1 is 0.542 bits per heavy atom. The van der Waals surface area contributed by atoms with Gasteiger partial charge in [0.05, 0.1) is 26.4 Å². The van der Waals surface area contributed by atoms with E-state index in [-0.39, 0.29) is 19.6 Å². The zero-order valence-corrected chi connectivity index (χ0v) is 36.5. The molecule has 7 N–H and O–H groups in total. The van der Waals surface area contributed by atoms with Crippen molar-refractivity contribution in [2.45, 2.75) is 235 Å². The lowest BCUT2D eigenvalue weighted by Gasteiger charge is -2.42. The number of hydrogen-bond donors (Lipinski definition) is 7. The van der Waals surface area contributed by atoms with E-state index in [2.05, 4.69) is 19.1 Å². The molecule has 2 aliphatic rings. The van der Waals surface area contributed by atoms with Gasteiger partial charge in [0.2, 0.25) is 0 Å². The summed E-state index contributed by atoms with van der Waals surface area (Å²) in [5.74, 6) is -0.400. The predicted molar refractivity (Wildman–Crippen MR) is 224 cm³/mol. The van der Waals surface area contributed by atoms with Gasteiger partial charge in [0.25, 0.3) is 0 Å². The Hall–Kier alpha value is -1.27. The molecule has 0 aliphatic carbocycles. The zero-order chi connectivity index (χ0) is 43.1. The van der Waals surface area contributed by atoms with Crippen molar-refractivity contribution in [2.75, 3.05) is 33.0 Å². The van der Waals surface area contributed by atoms with Crippen molar-refractivity contribution < 1.29 is 69.0 Å². The number of ether oxygens (including phenoxy) is 6. The summed E-state index contributed by atoms with van der Waals surface area (Å²) in [7, 11) is 0. The van der Waals surface area contributed by atoms with Gasteiger partial charge in [0.1, 0.15) is 54.9 Å². The van der Waals surface area contributed by atoms with Crippen molar-refractivity contribution in [3.8, 4) is 0 Å². The van der Waals surface area contributed by atoms with Crippen LogP contribution in [0.4, 0.5) is 0 Å². The monoisotopic (exact) mass is 849 g/mol. The number of unbranched alkanes of at least 4 members (excludes halogenated alkanes) is 20. The van der Waals surface area contributed by atoms with Crippen LogP contribution in [0.15, 0.2) is 12.2 Å². The molecule has 14 nitrogen and oxygen atoms in total. The maximum atomic E-state index is 12.6. The first-order chi connectivity index (χ1) is 28.6. The number of hydrogen-bond acceptors (Lipinski definition) is 14. The SMILES string of the molecule is CCCCCCCCCC/C=C\CCCCCCCCCCCCOCC(COC1OC(COC2OC(CO)C(O)C(O)C2O)C(O)C(O)C1O)OC(=O)CCCCC. The number of carbonyl (C=O) groups is 1. The summed E-state index contributed by atoms with van der Waals surface area (Å²) in [5.41, 5.74) is 0. The van der Waals surface area contributed by atoms with E-state index in [0.717, 1.165) is 32.1 Å². The van der Waals surface area contributed by atoms with Crippen LogP contribution in [-0.4, -0.2) is 142 Å². The van der Waals surface area contributed by atoms with E-state index >= 15 is 0 Å². The summed E-state index contributed by atoms with van der Waals surface area (Å²) < 4.78 is 33.8. The van der Waals surface area contributed by atoms with Gasteiger partial charge < -0.3 is 64.2 Å². The highest BCUT2D eigenvalue weighted by Gasteiger charge is 2.47. The highest BCUT2D eigenvalue weighted by atomic mass is 16.7. The van der Waals surface area contributed by atoms with E-state index < -0.39 is 86.7 Å². The molecule has 11 atom stereocenters. The van der Waals surface area contributed by atoms with Gasteiger partial charge in [0, 0.05) is 13.0 Å². The standard InChI is InChI=1S/C45H84O14/c1-3-5-7-8-9-10-11-12-13-14-15-16-17-18-19-20-21-22-23-24-25-27-29-54-31-34(57-37(47)28-26-6-4-2)32-55-44-43(53)41(51)39(49)36(59-44)33-56-45-42(52)40(50)38(48)35(30-46)58-45/h14-15,34-36,38-46,48-53H,3-13,16-33H2,1-2H3/b15-14-. The fourth-order valence-electron chi connectivity index (χ4n) is 7.40. The average molecular weight is 849 g/mol. The molecular formula is C45H84O14. The van der Waals surface area contributed by atoms with E-state index in [1.807, 2.05) is 6.92 Å². The van der Waals surface area contributed by atoms with Gasteiger partial charge in [-0.15, -0.1) is 0 Å². The Morgan fingerprint density at radius 2 is 1.00 bits per heavy atom. The molecule has 0 aromatic heterocycles. The second-order valence-electron chi connectivity index (χ2n) is 16.6. The fourth-order valence-corrected chi connectivity index (χ4v) is 7.40. The molecular weight excluding hydrogens is 764 g/mol. The van der Waals surface area contributed by atoms with Crippen molar-refractivity contribution in [2.24, 2.45) is 0 Å². The van der Waals surface area contributed by atoms with Crippen molar-refractivity contribution in [1.29, 1.82) is 0 Å². The fraction of sp³-hybridized carbons (Fsp3) is 0.933. The van der Waals surface area contributed by atoms with Crippen LogP contribution < -0.4 is 0 Å². The predicted octanol–water partition coefficient (Wildman–Crippen LogP) is 5.51. The van der Waals surface area contributed by atoms with Gasteiger partial charge in [-0.25, -0.2) is 0 Å². The second kappa shape index (κ2) is 34.2. The first-order valence-electron chi connectivity index (χ1n) is 23.3. The molecule has 0 saturated carbocycles. The number of allylic oxidation sites excluding steroid dienone is 2. The quantitative estimate of drug-likeness (QED) is 0.0235. The van der Waals surface area contributed by atoms with Gasteiger partial charge in [-0.05, 0) is 38.5 Å². The van der Waals surface area contributed by atoms with Crippen LogP contribution in [0.5, 0.6) is 0 Å². The van der Waals surface area contributed by atoms with Crippen LogP contribution in [0.1, 0.15) is 168 Å². The first kappa shape index (κ1) is 53.9. The van der Waals surface area contributed by atoms with E-state index in [4.69, 9.17) is 28.4 Å². The van der Waals surface area contributed by atoms with Gasteiger partial charge in [-0.2, -0.15) is 0 Å². The number of esters is 1. The molecule has 2 heterocycles. The van der Waals surface area contributed by atoms with Crippen LogP contribution in [0, 0.1) is 0 Å². The van der Waals surface area contributed by atoms with E-state index in [1.54, 1.807) is 0 Å². The van der Waals surface area contributed by atoms with Crippen molar-refractivity contribution in [3.05, 3.63) is 12.2 Å². The van der Waals surface area contributed by atoms with Crippen LogP contribution in [0.25, 0.3) is 0 Å². The van der Waals surface area contributed by atoms with E-state index in [9.17, 15) is 40.5 Å². The molecule has 0 bridgehead atoms. The Bertz CT molecular complexity index is 1030. The second-order valence-corrected chi connectivity index (χ2v) is 16.6. The lowest BCUT2D eigenvalue weighted by atomic mass is 9.98. The third-order valence-corrected chi connectivity index (χ3v) is 11.3. The van der Waals surface area contributed by atoms with Gasteiger partial charge in [0.15, 0.2) is 12.6 Å². The third-order valence-electron chi connectivity index (χ3n) is 11.3. The number of aliphatic hydroxyl groups excluding tert-OH is 7. The van der Waals surface area contributed by atoms with E-state index in [0.29, 0.717) is 13.0 Å². The topological polar surface area (TPSA) is 214 Å². The molecule has 2 aliphatic heterocycles. The Labute approximate surface area is 354 Å². The number of rotatable bonds is 36. The van der Waals surface area contributed by atoms with Crippen LogP contribution in [-0.2, 0) is 33.2 Å². The molecule has 11 unspecified atom stereocenters. The highest BCUT2D eigenvalue weighted by molar-refractivity contribution is 5.69. The number of carbonyl (C=O) groups excluding carboxylic acids is 1. The third kappa shape index (κ3) is 23.1. The molecule has 2 fully saturated rings. The molecule has 348 valence electrons. The minimum atomic E-state index is -1.70. The van der Waals surface area contributed by atoms with Crippen molar-refractivity contribution >= 4 is 5.97 Å². The summed E-state index contributed by atoms with van der Waals surface area (Å²) in [6.07, 6.45) is 16.8. The lowest BCUT2D eigenvalue weighted by molar-refractivity contribution is -0.332. The van der Waals surface area contributed by atoms with Gasteiger partial charge in [-0.3, -0.25) is 4.79 Å². The van der Waals surface area contributed by atoms with Gasteiger partial charge in [-0.1, -0.05) is 135 Å². The molecule has 14 heteroatoms. The first-order valence-corrected chi connectivity index (χ1v) is 23.3. The summed E-state index contributed by atoms with van der Waals surface area (Å²) in [5, 5.41) is 71.5. The van der Waals surface area contributed by atoms with Crippen LogP contribution in [0.2, 0.25) is 0 Å². The Morgan fingerprint density at radius 3 is 1.54 bits per heavy atom. The molecule has 0 spiro atoms. The van der Waals surface area contributed by atoms with Crippen LogP contribution in [0.3, 0.4) is 0 Å². The minimum absolute atomic E-state index is 0.0617. The lowest BCUT2D eigenvalue weighted by Crippen LogP contribution is -2.61. The maximum Gasteiger partial charge on any atom is 0.306 e. The summed E-state index contributed by atoms with van der Waals surface area (Å²) in [6, 6.07) is 0. The molecule has 0 aromatic rings. The van der Waals surface area contributed by atoms with E-state index in [1.165, 1.54) is 109 Å². The smallest absolute Gasteiger partial charge is 0.306 e. The maximum absolute atomic E-state index is 12.6. The number of aliphatic hydroxyl groups is 7. The Kier molecular flexibility index (Phi) is 31.3. The van der Waals surface area contributed by atoms with Crippen molar-refractivity contribution in [1.82, 2.24) is 0 Å². The minimum Gasteiger partial charge on any atom is -0.457 e. The molecule has 2 rings (SSSR count). The summed E-state index contributed by atoms with van der Waals surface area (Å²) >= 11 is 0. The summed E-state index contributed by atoms with van der Waals surface area (Å²) in [4.78, 5) is 12.6. The molecule has 0 radical (unpaired) electrons. The Balaban J connectivity index is 1.62. The van der Waals surface area contributed by atoms with Crippen molar-refractivity contribution in [3.63, 3.8) is 0 Å². The molecule has 59 heavy (non-hydrogen) atoms.